The number of ether oxygens (including phenoxy) is 1. The number of aliphatic carboxylic acids is 1. The molecule has 3 aromatic rings. The SMILES string of the molecule is Cn1c(-c2ccc(NC(=O)C3(C(=O)O)CCOCC3)cc2)nc2ccccc21. The molecule has 1 fully saturated rings. The second kappa shape index (κ2) is 7.09. The summed E-state index contributed by atoms with van der Waals surface area (Å²) in [4.78, 5) is 29.1. The zero-order valence-electron chi connectivity index (χ0n) is 15.5. The van der Waals surface area contributed by atoms with Gasteiger partial charge in [-0.2, -0.15) is 0 Å². The number of benzene rings is 2. The van der Waals surface area contributed by atoms with Crippen molar-refractivity contribution in [3.63, 3.8) is 0 Å². The summed E-state index contributed by atoms with van der Waals surface area (Å²) >= 11 is 0. The zero-order valence-corrected chi connectivity index (χ0v) is 15.5. The normalized spacial score (nSPS) is 16.0. The minimum absolute atomic E-state index is 0.173. The first-order valence-corrected chi connectivity index (χ1v) is 9.16. The van der Waals surface area contributed by atoms with Crippen molar-refractivity contribution >= 4 is 28.6 Å². The van der Waals surface area contributed by atoms with Gasteiger partial charge in [0.15, 0.2) is 5.41 Å². The average molecular weight is 379 g/mol. The van der Waals surface area contributed by atoms with E-state index >= 15 is 0 Å². The Kier molecular flexibility index (Phi) is 4.60. The average Bonchev–Trinajstić information content (AvgIpc) is 3.06. The van der Waals surface area contributed by atoms with E-state index in [0.717, 1.165) is 22.4 Å². The number of nitrogens with zero attached hydrogens (tertiary/aromatic N) is 2. The number of hydrogen-bond donors (Lipinski definition) is 2. The van der Waals surface area contributed by atoms with E-state index in [1.54, 1.807) is 12.1 Å². The van der Waals surface area contributed by atoms with Gasteiger partial charge in [0.1, 0.15) is 5.82 Å². The van der Waals surface area contributed by atoms with Gasteiger partial charge in [-0.3, -0.25) is 9.59 Å². The summed E-state index contributed by atoms with van der Waals surface area (Å²) in [7, 11) is 1.96. The van der Waals surface area contributed by atoms with E-state index in [0.29, 0.717) is 5.69 Å². The Morgan fingerprint density at radius 2 is 1.79 bits per heavy atom. The Bertz CT molecular complexity index is 1030. The number of nitrogens with one attached hydrogen (secondary N) is 1. The van der Waals surface area contributed by atoms with E-state index in [9.17, 15) is 14.7 Å². The Morgan fingerprint density at radius 3 is 2.43 bits per heavy atom. The number of carbonyl (C=O) groups excluding carboxylic acids is 1. The Morgan fingerprint density at radius 1 is 1.11 bits per heavy atom. The van der Waals surface area contributed by atoms with Gasteiger partial charge in [-0.05, 0) is 49.2 Å². The number of hydrogen-bond acceptors (Lipinski definition) is 4. The smallest absolute Gasteiger partial charge is 0.319 e. The summed E-state index contributed by atoms with van der Waals surface area (Å²) in [5, 5.41) is 12.4. The van der Waals surface area contributed by atoms with E-state index in [1.165, 1.54) is 0 Å². The van der Waals surface area contributed by atoms with Crippen molar-refractivity contribution in [1.82, 2.24) is 9.55 Å². The predicted molar refractivity (Wildman–Crippen MR) is 105 cm³/mol. The monoisotopic (exact) mass is 379 g/mol. The van der Waals surface area contributed by atoms with Crippen molar-refractivity contribution in [3.05, 3.63) is 48.5 Å². The van der Waals surface area contributed by atoms with Gasteiger partial charge in [-0.25, -0.2) is 4.98 Å². The highest BCUT2D eigenvalue weighted by molar-refractivity contribution is 6.08. The maximum atomic E-state index is 12.7. The molecule has 2 heterocycles. The number of amides is 1. The summed E-state index contributed by atoms with van der Waals surface area (Å²) in [5.74, 6) is -0.783. The maximum absolute atomic E-state index is 12.7. The molecular formula is C21H21N3O4. The first kappa shape index (κ1) is 18.2. The molecule has 7 heteroatoms. The molecule has 1 aliphatic heterocycles. The quantitative estimate of drug-likeness (QED) is 0.680. The summed E-state index contributed by atoms with van der Waals surface area (Å²) in [6, 6.07) is 15.2. The molecule has 0 bridgehead atoms. The third-order valence-corrected chi connectivity index (χ3v) is 5.38. The minimum Gasteiger partial charge on any atom is -0.480 e. The first-order chi connectivity index (χ1) is 13.5. The number of imidazole rings is 1. The van der Waals surface area contributed by atoms with Gasteiger partial charge in [-0.15, -0.1) is 0 Å². The highest BCUT2D eigenvalue weighted by Crippen LogP contribution is 2.33. The van der Waals surface area contributed by atoms with Crippen LogP contribution < -0.4 is 5.32 Å². The Balaban J connectivity index is 1.57. The molecule has 0 unspecified atom stereocenters. The van der Waals surface area contributed by atoms with E-state index in [4.69, 9.17) is 4.74 Å². The molecule has 7 nitrogen and oxygen atoms in total. The Labute approximate surface area is 162 Å². The number of rotatable bonds is 4. The standard InChI is InChI=1S/C21H21N3O4/c1-24-17-5-3-2-4-16(17)23-18(24)14-6-8-15(9-7-14)22-19(25)21(20(26)27)10-12-28-13-11-21/h2-9H,10-13H2,1H3,(H,22,25)(H,26,27). The highest BCUT2D eigenvalue weighted by Gasteiger charge is 2.47. The van der Waals surface area contributed by atoms with Crippen LogP contribution >= 0.6 is 0 Å². The van der Waals surface area contributed by atoms with Crippen LogP contribution in [0.5, 0.6) is 0 Å². The molecule has 2 aromatic carbocycles. The number of aromatic nitrogens is 2. The first-order valence-electron chi connectivity index (χ1n) is 9.16. The molecule has 1 saturated heterocycles. The van der Waals surface area contributed by atoms with Crippen LogP contribution in [-0.2, 0) is 21.4 Å². The molecule has 1 amide bonds. The molecule has 1 aromatic heterocycles. The Hall–Kier alpha value is -3.19. The molecule has 28 heavy (non-hydrogen) atoms. The van der Waals surface area contributed by atoms with Crippen LogP contribution in [-0.4, -0.2) is 39.7 Å². The van der Waals surface area contributed by atoms with Crippen molar-refractivity contribution in [3.8, 4) is 11.4 Å². The summed E-state index contributed by atoms with van der Waals surface area (Å²) in [6.07, 6.45) is 0.345. The number of carboxylic acids is 1. The number of aryl methyl sites for hydroxylation is 1. The summed E-state index contributed by atoms with van der Waals surface area (Å²) < 4.78 is 7.24. The molecule has 0 saturated carbocycles. The van der Waals surface area contributed by atoms with Gasteiger partial charge in [0.25, 0.3) is 0 Å². The molecule has 144 valence electrons. The molecule has 1 aliphatic rings. The van der Waals surface area contributed by atoms with Crippen LogP contribution in [0.25, 0.3) is 22.4 Å². The number of carbonyl (C=O) groups is 2. The zero-order chi connectivity index (χ0) is 19.7. The van der Waals surface area contributed by atoms with Crippen LogP contribution in [0.2, 0.25) is 0 Å². The number of para-hydroxylation sites is 2. The van der Waals surface area contributed by atoms with Gasteiger partial charge in [-0.1, -0.05) is 12.1 Å². The van der Waals surface area contributed by atoms with Crippen LogP contribution in [0.4, 0.5) is 5.69 Å². The molecular weight excluding hydrogens is 358 g/mol. The van der Waals surface area contributed by atoms with Gasteiger partial charge >= 0.3 is 5.97 Å². The van der Waals surface area contributed by atoms with Crippen molar-refractivity contribution < 1.29 is 19.4 Å². The number of carboxylic acid groups (broad SMARTS) is 1. The largest absolute Gasteiger partial charge is 0.480 e. The van der Waals surface area contributed by atoms with Crippen molar-refractivity contribution in [2.24, 2.45) is 12.5 Å². The molecule has 0 radical (unpaired) electrons. The van der Waals surface area contributed by atoms with Crippen molar-refractivity contribution in [2.75, 3.05) is 18.5 Å². The van der Waals surface area contributed by atoms with Gasteiger partial charge in [0.2, 0.25) is 5.91 Å². The van der Waals surface area contributed by atoms with E-state index in [1.807, 2.05) is 48.0 Å². The molecule has 0 spiro atoms. The van der Waals surface area contributed by atoms with E-state index < -0.39 is 17.3 Å². The molecule has 2 N–H and O–H groups in total. The lowest BCUT2D eigenvalue weighted by atomic mass is 9.79. The van der Waals surface area contributed by atoms with Gasteiger partial charge < -0.3 is 19.7 Å². The predicted octanol–water partition coefficient (Wildman–Crippen LogP) is 3.06. The maximum Gasteiger partial charge on any atom is 0.319 e. The van der Waals surface area contributed by atoms with Gasteiger partial charge in [0.05, 0.1) is 11.0 Å². The topological polar surface area (TPSA) is 93.5 Å². The lowest BCUT2D eigenvalue weighted by Crippen LogP contribution is -2.47. The van der Waals surface area contributed by atoms with Crippen molar-refractivity contribution in [2.45, 2.75) is 12.8 Å². The second-order valence-corrected chi connectivity index (χ2v) is 7.01. The fourth-order valence-corrected chi connectivity index (χ4v) is 3.61. The third kappa shape index (κ3) is 3.03. The summed E-state index contributed by atoms with van der Waals surface area (Å²) in [5.41, 5.74) is 1.99. The van der Waals surface area contributed by atoms with Crippen LogP contribution in [0.3, 0.4) is 0 Å². The molecule has 0 atom stereocenters. The van der Waals surface area contributed by atoms with Crippen LogP contribution in [0, 0.1) is 5.41 Å². The molecule has 0 aliphatic carbocycles. The third-order valence-electron chi connectivity index (χ3n) is 5.38. The fourth-order valence-electron chi connectivity index (χ4n) is 3.61. The van der Waals surface area contributed by atoms with Crippen molar-refractivity contribution in [1.29, 1.82) is 0 Å². The lowest BCUT2D eigenvalue weighted by molar-refractivity contribution is -0.160. The summed E-state index contributed by atoms with van der Waals surface area (Å²) in [6.45, 7) is 0.538. The number of fused-ring (bicyclic) bond motifs is 1. The van der Waals surface area contributed by atoms with Crippen LogP contribution in [0.15, 0.2) is 48.5 Å². The lowest BCUT2D eigenvalue weighted by Gasteiger charge is -2.31. The van der Waals surface area contributed by atoms with Crippen LogP contribution in [0.1, 0.15) is 12.8 Å². The highest BCUT2D eigenvalue weighted by atomic mass is 16.5. The number of anilines is 1. The van der Waals surface area contributed by atoms with E-state index in [-0.39, 0.29) is 26.1 Å². The minimum atomic E-state index is -1.44. The molecule has 4 rings (SSSR count). The van der Waals surface area contributed by atoms with E-state index in [2.05, 4.69) is 10.3 Å². The fraction of sp³-hybridized carbons (Fsp3) is 0.286. The van der Waals surface area contributed by atoms with Gasteiger partial charge in [0, 0.05) is 31.5 Å². The second-order valence-electron chi connectivity index (χ2n) is 7.01.